The molecule has 0 fully saturated rings. The highest BCUT2D eigenvalue weighted by Crippen LogP contribution is 2.27. The van der Waals surface area contributed by atoms with Crippen LogP contribution < -0.4 is 0 Å². The molecule has 6 heteroatoms. The molecular formula is C10H15BrN2O2S. The van der Waals surface area contributed by atoms with Crippen LogP contribution in [0.5, 0.6) is 0 Å². The van der Waals surface area contributed by atoms with Crippen LogP contribution in [0.2, 0.25) is 0 Å². The smallest absolute Gasteiger partial charge is 0.316 e. The second-order valence-electron chi connectivity index (χ2n) is 3.48. The van der Waals surface area contributed by atoms with Crippen LogP contribution in [0, 0.1) is 0 Å². The van der Waals surface area contributed by atoms with Gasteiger partial charge in [-0.3, -0.25) is 9.48 Å². The lowest BCUT2D eigenvalue weighted by Crippen LogP contribution is -2.12. The molecule has 90 valence electrons. The average molecular weight is 307 g/mol. The predicted molar refractivity (Wildman–Crippen MR) is 68.7 cm³/mol. The van der Waals surface area contributed by atoms with Gasteiger partial charge in [-0.1, -0.05) is 6.92 Å². The molecule has 0 aliphatic heterocycles. The van der Waals surface area contributed by atoms with Crippen molar-refractivity contribution in [3.05, 3.63) is 15.9 Å². The maximum absolute atomic E-state index is 10.7. The molecule has 4 nitrogen and oxygen atoms in total. The molecular weight excluding hydrogens is 292 g/mol. The minimum atomic E-state index is -0.779. The first-order valence-corrected chi connectivity index (χ1v) is 6.86. The van der Waals surface area contributed by atoms with E-state index < -0.39 is 11.2 Å². The summed E-state index contributed by atoms with van der Waals surface area (Å²) >= 11 is 4.90. The van der Waals surface area contributed by atoms with Gasteiger partial charge in [0.05, 0.1) is 21.1 Å². The van der Waals surface area contributed by atoms with E-state index in [1.165, 1.54) is 11.8 Å². The van der Waals surface area contributed by atoms with Crippen molar-refractivity contribution in [3.63, 3.8) is 0 Å². The van der Waals surface area contributed by atoms with E-state index in [4.69, 9.17) is 5.11 Å². The van der Waals surface area contributed by atoms with Gasteiger partial charge in [0.1, 0.15) is 0 Å². The first-order chi connectivity index (χ1) is 7.47. The van der Waals surface area contributed by atoms with Crippen molar-refractivity contribution in [1.82, 2.24) is 9.78 Å². The minimum Gasteiger partial charge on any atom is -0.480 e. The number of halogens is 1. The van der Waals surface area contributed by atoms with Gasteiger partial charge in [-0.25, -0.2) is 0 Å². The van der Waals surface area contributed by atoms with Crippen molar-refractivity contribution in [2.75, 3.05) is 0 Å². The molecule has 0 radical (unpaired) electrons. The first-order valence-electron chi connectivity index (χ1n) is 5.02. The third kappa shape index (κ3) is 3.01. The van der Waals surface area contributed by atoms with Crippen LogP contribution in [0.25, 0.3) is 0 Å². The summed E-state index contributed by atoms with van der Waals surface area (Å²) in [6, 6.07) is 0. The Balaban J connectivity index is 2.74. The topological polar surface area (TPSA) is 55.1 Å². The monoisotopic (exact) mass is 306 g/mol. The molecule has 0 amide bonds. The number of hydrogen-bond donors (Lipinski definition) is 1. The van der Waals surface area contributed by atoms with Gasteiger partial charge in [0.2, 0.25) is 0 Å². The molecule has 1 heterocycles. The quantitative estimate of drug-likeness (QED) is 0.908. The number of hydrogen-bond acceptors (Lipinski definition) is 3. The van der Waals surface area contributed by atoms with Crippen molar-refractivity contribution in [1.29, 1.82) is 0 Å². The number of carboxylic acids is 1. The molecule has 1 aromatic heterocycles. The maximum Gasteiger partial charge on any atom is 0.316 e. The molecule has 0 aliphatic carbocycles. The van der Waals surface area contributed by atoms with Crippen LogP contribution in [0.3, 0.4) is 0 Å². The summed E-state index contributed by atoms with van der Waals surface area (Å²) in [5.74, 6) is -0.128. The summed E-state index contributed by atoms with van der Waals surface area (Å²) in [7, 11) is 1.88. The van der Waals surface area contributed by atoms with Crippen molar-refractivity contribution in [2.45, 2.75) is 31.3 Å². The van der Waals surface area contributed by atoms with Gasteiger partial charge in [0.15, 0.2) is 0 Å². The van der Waals surface area contributed by atoms with Crippen molar-refractivity contribution in [3.8, 4) is 0 Å². The third-order valence-electron chi connectivity index (χ3n) is 2.32. The van der Waals surface area contributed by atoms with Crippen LogP contribution in [-0.2, 0) is 24.0 Å². The lowest BCUT2D eigenvalue weighted by atomic mass is 10.3. The van der Waals surface area contributed by atoms with E-state index in [1.807, 2.05) is 18.7 Å². The highest BCUT2D eigenvalue weighted by atomic mass is 79.9. The third-order valence-corrected chi connectivity index (χ3v) is 4.38. The lowest BCUT2D eigenvalue weighted by molar-refractivity contribution is -0.136. The minimum absolute atomic E-state index is 0.396. The molecule has 1 N–H and O–H groups in total. The largest absolute Gasteiger partial charge is 0.480 e. The number of nitrogens with zero attached hydrogens (tertiary/aromatic N) is 2. The molecule has 1 aromatic rings. The van der Waals surface area contributed by atoms with E-state index in [-0.39, 0.29) is 0 Å². The van der Waals surface area contributed by atoms with Crippen molar-refractivity contribution >= 4 is 33.7 Å². The summed E-state index contributed by atoms with van der Waals surface area (Å²) in [5, 5.41) is 12.8. The zero-order chi connectivity index (χ0) is 12.3. The van der Waals surface area contributed by atoms with Gasteiger partial charge < -0.3 is 5.11 Å². The van der Waals surface area contributed by atoms with Crippen molar-refractivity contribution in [2.24, 2.45) is 7.05 Å². The molecule has 0 saturated heterocycles. The number of aliphatic carboxylic acids is 1. The van der Waals surface area contributed by atoms with E-state index in [2.05, 4.69) is 21.0 Å². The number of aryl methyl sites for hydroxylation is 2. The predicted octanol–water partition coefficient (Wildman–Crippen LogP) is 2.45. The fourth-order valence-corrected chi connectivity index (χ4v) is 3.08. The molecule has 1 rings (SSSR count). The number of thioether (sulfide) groups is 1. The molecule has 0 saturated carbocycles. The van der Waals surface area contributed by atoms with Crippen LogP contribution in [-0.4, -0.2) is 26.1 Å². The van der Waals surface area contributed by atoms with Gasteiger partial charge in [-0.2, -0.15) is 5.10 Å². The molecule has 0 spiro atoms. The lowest BCUT2D eigenvalue weighted by Gasteiger charge is -2.06. The maximum atomic E-state index is 10.7. The van der Waals surface area contributed by atoms with Crippen LogP contribution in [0.1, 0.15) is 25.2 Å². The molecule has 0 aromatic carbocycles. The van der Waals surface area contributed by atoms with Crippen LogP contribution in [0.4, 0.5) is 0 Å². The number of carboxylic acid groups (broad SMARTS) is 1. The average Bonchev–Trinajstić information content (AvgIpc) is 2.51. The number of rotatable bonds is 5. The van der Waals surface area contributed by atoms with Crippen LogP contribution in [0.15, 0.2) is 4.47 Å². The van der Waals surface area contributed by atoms with E-state index in [0.717, 1.165) is 22.3 Å². The Bertz CT molecular complexity index is 392. The van der Waals surface area contributed by atoms with E-state index >= 15 is 0 Å². The van der Waals surface area contributed by atoms with Gasteiger partial charge in [0, 0.05) is 12.8 Å². The Labute approximate surface area is 108 Å². The second kappa shape index (κ2) is 5.72. The van der Waals surface area contributed by atoms with Gasteiger partial charge in [-0.05, 0) is 29.3 Å². The Morgan fingerprint density at radius 1 is 1.69 bits per heavy atom. The number of carbonyl (C=O) groups is 1. The summed E-state index contributed by atoms with van der Waals surface area (Å²) in [6.07, 6.45) is 0.869. The highest BCUT2D eigenvalue weighted by molar-refractivity contribution is 9.10. The molecule has 1 atom stereocenters. The van der Waals surface area contributed by atoms with Crippen LogP contribution >= 0.6 is 27.7 Å². The van der Waals surface area contributed by atoms with Crippen molar-refractivity contribution < 1.29 is 9.90 Å². The molecule has 1 unspecified atom stereocenters. The molecule has 0 bridgehead atoms. The summed E-state index contributed by atoms with van der Waals surface area (Å²) in [4.78, 5) is 10.7. The Kier molecular flexibility index (Phi) is 4.86. The Morgan fingerprint density at radius 2 is 2.31 bits per heavy atom. The standard InChI is InChI=1S/C10H15BrN2O2S/c1-4-7-9(11)8(13(3)12-7)5-16-6(2)10(14)15/h6H,4-5H2,1-3H3,(H,14,15). The fourth-order valence-electron chi connectivity index (χ4n) is 1.25. The zero-order valence-corrected chi connectivity index (χ0v) is 11.9. The normalized spacial score (nSPS) is 12.8. The Morgan fingerprint density at radius 3 is 2.75 bits per heavy atom. The summed E-state index contributed by atoms with van der Waals surface area (Å²) < 4.78 is 2.81. The SMILES string of the molecule is CCc1nn(C)c(CSC(C)C(=O)O)c1Br. The van der Waals surface area contributed by atoms with E-state index in [0.29, 0.717) is 5.75 Å². The second-order valence-corrected chi connectivity index (χ2v) is 5.60. The highest BCUT2D eigenvalue weighted by Gasteiger charge is 2.16. The van der Waals surface area contributed by atoms with Gasteiger partial charge in [-0.15, -0.1) is 11.8 Å². The zero-order valence-electron chi connectivity index (χ0n) is 9.53. The first kappa shape index (κ1) is 13.6. The van der Waals surface area contributed by atoms with Gasteiger partial charge >= 0.3 is 5.97 Å². The Hall–Kier alpha value is -0.490. The fraction of sp³-hybridized carbons (Fsp3) is 0.600. The van der Waals surface area contributed by atoms with E-state index in [1.54, 1.807) is 6.92 Å². The van der Waals surface area contributed by atoms with Gasteiger partial charge in [0.25, 0.3) is 0 Å². The molecule has 16 heavy (non-hydrogen) atoms. The molecule has 0 aliphatic rings. The summed E-state index contributed by atoms with van der Waals surface area (Å²) in [5.41, 5.74) is 2.05. The number of aromatic nitrogens is 2. The summed E-state index contributed by atoms with van der Waals surface area (Å²) in [6.45, 7) is 3.74. The van der Waals surface area contributed by atoms with E-state index in [9.17, 15) is 4.79 Å².